The molecule has 0 aromatic carbocycles. The van der Waals surface area contributed by atoms with Gasteiger partial charge in [-0.1, -0.05) is 0 Å². The van der Waals surface area contributed by atoms with Crippen LogP contribution in [0, 0.1) is 0 Å². The summed E-state index contributed by atoms with van der Waals surface area (Å²) in [6.45, 7) is 8.84. The third-order valence-corrected chi connectivity index (χ3v) is 4.25. The molecular formula is C15H26N5O7P. The molecule has 2 rings (SSSR count). The Morgan fingerprint density at radius 1 is 1.18 bits per heavy atom. The summed E-state index contributed by atoms with van der Waals surface area (Å²) in [5.74, 6) is -0.0178. The first kappa shape index (κ1) is 22.5. The Balaban J connectivity index is 2.03. The molecule has 2 aromatic rings. The second-order valence-electron chi connectivity index (χ2n) is 6.68. The lowest BCUT2D eigenvalue weighted by Gasteiger charge is -2.20. The van der Waals surface area contributed by atoms with E-state index in [0.29, 0.717) is 5.65 Å². The van der Waals surface area contributed by atoms with Crippen LogP contribution in [0.4, 0.5) is 5.95 Å². The number of aromatic nitrogens is 4. The van der Waals surface area contributed by atoms with Crippen LogP contribution < -0.4 is 11.3 Å². The molecule has 0 saturated carbocycles. The zero-order chi connectivity index (χ0) is 20.9. The lowest BCUT2D eigenvalue weighted by molar-refractivity contribution is -0.294. The van der Waals surface area contributed by atoms with Crippen molar-refractivity contribution in [1.29, 1.82) is 0 Å². The molecule has 0 fully saturated rings. The van der Waals surface area contributed by atoms with Gasteiger partial charge in [0.05, 0.1) is 31.2 Å². The number of aromatic amines is 1. The highest BCUT2D eigenvalue weighted by atomic mass is 31.2. The van der Waals surface area contributed by atoms with Crippen molar-refractivity contribution in [2.45, 2.75) is 59.5 Å². The fraction of sp³-hybridized carbons (Fsp3) is 0.667. The molecule has 158 valence electrons. The van der Waals surface area contributed by atoms with Crippen molar-refractivity contribution >= 4 is 24.7 Å². The minimum atomic E-state index is -3.82. The third-order valence-electron chi connectivity index (χ3n) is 3.16. The molecule has 0 amide bonds. The van der Waals surface area contributed by atoms with E-state index >= 15 is 0 Å². The molecule has 0 aliphatic rings. The topological polar surface area (TPSA) is 153 Å². The number of nitrogen functional groups attached to an aromatic ring is 1. The van der Waals surface area contributed by atoms with E-state index in [1.165, 1.54) is 6.33 Å². The fourth-order valence-electron chi connectivity index (χ4n) is 2.01. The van der Waals surface area contributed by atoms with Gasteiger partial charge >= 0.3 is 7.60 Å². The molecule has 0 aliphatic heterocycles. The Morgan fingerprint density at radius 3 is 2.36 bits per heavy atom. The maximum Gasteiger partial charge on any atom is 0.409 e. The van der Waals surface area contributed by atoms with Gasteiger partial charge in [0, 0.05) is 0 Å². The second-order valence-corrected chi connectivity index (χ2v) is 8.45. The Kier molecular flexibility index (Phi) is 7.70. The number of imidazole rings is 1. The van der Waals surface area contributed by atoms with Crippen LogP contribution in [-0.2, 0) is 35.0 Å². The number of hydrogen-bond acceptors (Lipinski definition) is 10. The molecule has 0 spiro atoms. The number of nitrogens with two attached hydrogens (primary N) is 1. The monoisotopic (exact) mass is 419 g/mol. The van der Waals surface area contributed by atoms with E-state index in [1.54, 1.807) is 39.2 Å². The maximum absolute atomic E-state index is 12.7. The summed E-state index contributed by atoms with van der Waals surface area (Å²) in [5, 5.41) is 0. The average Bonchev–Trinajstić information content (AvgIpc) is 3.00. The van der Waals surface area contributed by atoms with Gasteiger partial charge in [-0.3, -0.25) is 14.3 Å². The van der Waals surface area contributed by atoms with E-state index in [0.717, 1.165) is 0 Å². The van der Waals surface area contributed by atoms with E-state index in [-0.39, 0.29) is 30.2 Å². The lowest BCUT2D eigenvalue weighted by Crippen LogP contribution is -2.19. The first-order valence-corrected chi connectivity index (χ1v) is 10.4. The van der Waals surface area contributed by atoms with Gasteiger partial charge in [0.2, 0.25) is 5.95 Å². The summed E-state index contributed by atoms with van der Waals surface area (Å²) in [6, 6.07) is 0. The largest absolute Gasteiger partial charge is 0.409 e. The van der Waals surface area contributed by atoms with Gasteiger partial charge < -0.3 is 15.0 Å². The van der Waals surface area contributed by atoms with Crippen LogP contribution in [0.5, 0.6) is 0 Å². The van der Waals surface area contributed by atoms with E-state index in [1.807, 2.05) is 0 Å². The van der Waals surface area contributed by atoms with E-state index in [4.69, 9.17) is 29.6 Å². The van der Waals surface area contributed by atoms with Gasteiger partial charge in [-0.15, -0.1) is 9.35 Å². The van der Waals surface area contributed by atoms with Crippen LogP contribution in [-0.4, -0.2) is 44.2 Å². The van der Waals surface area contributed by atoms with Crippen molar-refractivity contribution in [3.63, 3.8) is 0 Å². The molecule has 3 N–H and O–H groups in total. The van der Waals surface area contributed by atoms with Crippen molar-refractivity contribution in [2.75, 3.05) is 12.1 Å². The summed E-state index contributed by atoms with van der Waals surface area (Å²) in [6.07, 6.45) is -0.0853. The van der Waals surface area contributed by atoms with Gasteiger partial charge in [0.25, 0.3) is 5.56 Å². The van der Waals surface area contributed by atoms with Crippen molar-refractivity contribution in [1.82, 2.24) is 19.5 Å². The zero-order valence-electron chi connectivity index (χ0n) is 16.4. The molecule has 12 nitrogen and oxygen atoms in total. The number of rotatable bonds is 11. The highest BCUT2D eigenvalue weighted by molar-refractivity contribution is 7.53. The molecule has 1 atom stereocenters. The van der Waals surface area contributed by atoms with E-state index in [2.05, 4.69) is 15.0 Å². The molecule has 0 bridgehead atoms. The molecule has 13 heteroatoms. The van der Waals surface area contributed by atoms with Crippen molar-refractivity contribution in [2.24, 2.45) is 0 Å². The average molecular weight is 419 g/mol. The second kappa shape index (κ2) is 9.59. The SMILES string of the molecule is CC(C)OOP(=O)(CO[C@H](C)Cn1cnc2c(=O)[nH]c(N)nc21)OOC(C)C. The van der Waals surface area contributed by atoms with E-state index in [9.17, 15) is 9.36 Å². The number of anilines is 1. The number of nitrogens with zero attached hydrogens (tertiary/aromatic N) is 3. The van der Waals surface area contributed by atoms with Gasteiger partial charge in [0.1, 0.15) is 0 Å². The zero-order valence-corrected chi connectivity index (χ0v) is 17.3. The van der Waals surface area contributed by atoms with Crippen LogP contribution in [0.15, 0.2) is 11.1 Å². The predicted octanol–water partition coefficient (Wildman–Crippen LogP) is 1.97. The highest BCUT2D eigenvalue weighted by Crippen LogP contribution is 2.49. The molecular weight excluding hydrogens is 393 g/mol. The third kappa shape index (κ3) is 6.36. The first-order chi connectivity index (χ1) is 13.1. The number of H-pyrrole nitrogens is 1. The molecule has 2 aromatic heterocycles. The van der Waals surface area contributed by atoms with Crippen molar-refractivity contribution in [3.8, 4) is 0 Å². The maximum atomic E-state index is 12.7. The Morgan fingerprint density at radius 2 is 1.79 bits per heavy atom. The van der Waals surface area contributed by atoms with Crippen LogP contribution in [0.2, 0.25) is 0 Å². The molecule has 0 aliphatic carbocycles. The van der Waals surface area contributed by atoms with E-state index < -0.39 is 25.6 Å². The number of ether oxygens (including phenoxy) is 1. The summed E-state index contributed by atoms with van der Waals surface area (Å²) in [5.41, 5.74) is 5.63. The van der Waals surface area contributed by atoms with Crippen LogP contribution in [0.1, 0.15) is 34.6 Å². The van der Waals surface area contributed by atoms with Gasteiger partial charge in [-0.2, -0.15) is 4.98 Å². The molecule has 0 unspecified atom stereocenters. The minimum Gasteiger partial charge on any atom is -0.369 e. The Hall–Kier alpha value is -1.82. The number of fused-ring (bicyclic) bond motifs is 1. The minimum absolute atomic E-state index is 0.0178. The smallest absolute Gasteiger partial charge is 0.369 e. The molecule has 0 saturated heterocycles. The fourth-order valence-corrected chi connectivity index (χ4v) is 3.17. The number of nitrogens with one attached hydrogen (secondary N) is 1. The summed E-state index contributed by atoms with van der Waals surface area (Å²) >= 11 is 0. The lowest BCUT2D eigenvalue weighted by atomic mass is 10.4. The van der Waals surface area contributed by atoms with Crippen LogP contribution in [0.25, 0.3) is 11.2 Å². The van der Waals surface area contributed by atoms with Crippen LogP contribution in [0.3, 0.4) is 0 Å². The van der Waals surface area contributed by atoms with Gasteiger partial charge in [0.15, 0.2) is 17.5 Å². The molecule has 28 heavy (non-hydrogen) atoms. The quantitative estimate of drug-likeness (QED) is 0.314. The Labute approximate surface area is 161 Å². The summed E-state index contributed by atoms with van der Waals surface area (Å²) < 4.78 is 29.7. The summed E-state index contributed by atoms with van der Waals surface area (Å²) in [4.78, 5) is 32.2. The normalized spacial score (nSPS) is 13.7. The molecule has 0 radical (unpaired) electrons. The summed E-state index contributed by atoms with van der Waals surface area (Å²) in [7, 11) is -3.82. The number of hydrogen-bond donors (Lipinski definition) is 2. The molecule has 2 heterocycles. The predicted molar refractivity (Wildman–Crippen MR) is 100 cm³/mol. The van der Waals surface area contributed by atoms with Crippen molar-refractivity contribution < 1.29 is 28.4 Å². The Bertz CT molecular complexity index is 865. The van der Waals surface area contributed by atoms with Crippen molar-refractivity contribution in [3.05, 3.63) is 16.7 Å². The first-order valence-electron chi connectivity index (χ1n) is 8.71. The van der Waals surface area contributed by atoms with Crippen LogP contribution >= 0.6 is 7.60 Å². The van der Waals surface area contributed by atoms with Gasteiger partial charge in [-0.05, 0) is 34.6 Å². The highest BCUT2D eigenvalue weighted by Gasteiger charge is 2.31. The standard InChI is InChI=1S/C15H26N5O7P/c1-9(2)24-26-28(22,27-25-10(3)4)8-23-11(5)6-20-7-17-12-13(20)18-15(16)19-14(12)21/h7,9-11H,6,8H2,1-5H3,(H3,16,18,19,21)/t11-/m1/s1. The van der Waals surface area contributed by atoms with Gasteiger partial charge in [-0.25, -0.2) is 14.8 Å².